The van der Waals surface area contributed by atoms with Gasteiger partial charge in [0.1, 0.15) is 13.1 Å². The molecular formula is C10H16N2O5S. The molecule has 18 heavy (non-hydrogen) atoms. The average Bonchev–Trinajstić information content (AvgIpc) is 3.04. The molecule has 0 bridgehead atoms. The lowest BCUT2D eigenvalue weighted by Gasteiger charge is -2.21. The highest BCUT2D eigenvalue weighted by molar-refractivity contribution is 8.00. The van der Waals surface area contributed by atoms with Crippen molar-refractivity contribution in [3.05, 3.63) is 0 Å². The van der Waals surface area contributed by atoms with Gasteiger partial charge < -0.3 is 20.4 Å². The normalized spacial score (nSPS) is 15.8. The molecule has 0 radical (unpaired) electrons. The van der Waals surface area contributed by atoms with Crippen molar-refractivity contribution in [3.63, 3.8) is 0 Å². The summed E-state index contributed by atoms with van der Waals surface area (Å²) in [5.74, 6) is -2.48. The van der Waals surface area contributed by atoms with Crippen LogP contribution in [0.4, 0.5) is 4.79 Å². The number of nitrogens with one attached hydrogen (secondary N) is 1. The molecule has 1 aliphatic carbocycles. The van der Waals surface area contributed by atoms with E-state index in [1.54, 1.807) is 11.8 Å². The Kier molecular flexibility index (Phi) is 4.83. The number of thioether (sulfide) groups is 1. The fourth-order valence-corrected chi connectivity index (χ4v) is 2.19. The summed E-state index contributed by atoms with van der Waals surface area (Å²) < 4.78 is 0.0494. The minimum absolute atomic E-state index is 0.0494. The molecule has 0 atom stereocenters. The minimum atomic E-state index is -1.24. The van der Waals surface area contributed by atoms with Crippen molar-refractivity contribution in [1.29, 1.82) is 0 Å². The Bertz CT molecular complexity index is 340. The van der Waals surface area contributed by atoms with E-state index in [0.29, 0.717) is 6.54 Å². The number of amides is 2. The molecule has 0 aromatic carbocycles. The molecule has 1 aliphatic rings. The van der Waals surface area contributed by atoms with Gasteiger partial charge in [0.25, 0.3) is 0 Å². The monoisotopic (exact) mass is 276 g/mol. The van der Waals surface area contributed by atoms with Crippen molar-refractivity contribution >= 4 is 29.7 Å². The molecule has 0 aromatic rings. The first kappa shape index (κ1) is 14.6. The second-order valence-electron chi connectivity index (χ2n) is 4.19. The predicted octanol–water partition coefficient (Wildman–Crippen LogP) is 0.0628. The lowest BCUT2D eigenvalue weighted by molar-refractivity contribution is -0.140. The van der Waals surface area contributed by atoms with E-state index in [0.717, 1.165) is 17.7 Å². The van der Waals surface area contributed by atoms with Crippen LogP contribution >= 0.6 is 11.8 Å². The van der Waals surface area contributed by atoms with E-state index in [1.807, 2.05) is 6.26 Å². The van der Waals surface area contributed by atoms with E-state index in [2.05, 4.69) is 5.32 Å². The van der Waals surface area contributed by atoms with Crippen LogP contribution in [-0.2, 0) is 9.59 Å². The van der Waals surface area contributed by atoms with Crippen LogP contribution < -0.4 is 5.32 Å². The molecule has 0 saturated heterocycles. The van der Waals surface area contributed by atoms with Gasteiger partial charge in [0, 0.05) is 11.3 Å². The third-order valence-electron chi connectivity index (χ3n) is 2.74. The average molecular weight is 276 g/mol. The number of carbonyl (C=O) groups excluding carboxylic acids is 1. The summed E-state index contributed by atoms with van der Waals surface area (Å²) in [6, 6.07) is -0.653. The van der Waals surface area contributed by atoms with Crippen molar-refractivity contribution in [1.82, 2.24) is 10.2 Å². The van der Waals surface area contributed by atoms with Gasteiger partial charge in [-0.05, 0) is 19.1 Å². The summed E-state index contributed by atoms with van der Waals surface area (Å²) >= 11 is 1.65. The summed E-state index contributed by atoms with van der Waals surface area (Å²) in [5, 5.41) is 19.8. The first-order valence-corrected chi connectivity index (χ1v) is 6.62. The van der Waals surface area contributed by atoms with Crippen LogP contribution in [0, 0.1) is 0 Å². The van der Waals surface area contributed by atoms with E-state index in [1.165, 1.54) is 0 Å². The molecule has 8 heteroatoms. The van der Waals surface area contributed by atoms with Gasteiger partial charge in [-0.25, -0.2) is 4.79 Å². The largest absolute Gasteiger partial charge is 0.480 e. The maximum Gasteiger partial charge on any atom is 0.323 e. The van der Waals surface area contributed by atoms with Gasteiger partial charge in [-0.3, -0.25) is 9.59 Å². The topological polar surface area (TPSA) is 107 Å². The van der Waals surface area contributed by atoms with Gasteiger partial charge in [-0.15, -0.1) is 0 Å². The Morgan fingerprint density at radius 3 is 2.06 bits per heavy atom. The number of carboxylic acids is 2. The predicted molar refractivity (Wildman–Crippen MR) is 65.7 cm³/mol. The molecule has 1 saturated carbocycles. The summed E-state index contributed by atoms with van der Waals surface area (Å²) in [4.78, 5) is 33.5. The highest BCUT2D eigenvalue weighted by atomic mass is 32.2. The maximum atomic E-state index is 11.7. The Morgan fingerprint density at radius 2 is 1.72 bits per heavy atom. The summed E-state index contributed by atoms with van der Waals surface area (Å²) in [6.07, 6.45) is 3.96. The molecule has 0 unspecified atom stereocenters. The third kappa shape index (κ3) is 4.44. The molecule has 2 amide bonds. The van der Waals surface area contributed by atoms with Crippen LogP contribution in [0.3, 0.4) is 0 Å². The SMILES string of the molecule is CSC1(CNC(=O)N(CC(=O)O)CC(=O)O)CC1. The second-order valence-corrected chi connectivity index (χ2v) is 5.46. The number of hydrogen-bond donors (Lipinski definition) is 3. The third-order valence-corrected chi connectivity index (χ3v) is 4.16. The van der Waals surface area contributed by atoms with Crippen molar-refractivity contribution in [3.8, 4) is 0 Å². The van der Waals surface area contributed by atoms with Gasteiger partial charge in [0.05, 0.1) is 0 Å². The zero-order valence-electron chi connectivity index (χ0n) is 10.0. The van der Waals surface area contributed by atoms with Gasteiger partial charge in [-0.2, -0.15) is 11.8 Å². The smallest absolute Gasteiger partial charge is 0.323 e. The standard InChI is InChI=1S/C10H16N2O5S/c1-18-10(2-3-10)6-11-9(17)12(4-7(13)14)5-8(15)16/h2-6H2,1H3,(H,11,17)(H,13,14)(H,15,16). The van der Waals surface area contributed by atoms with E-state index in [4.69, 9.17) is 10.2 Å². The van der Waals surface area contributed by atoms with Gasteiger partial charge >= 0.3 is 18.0 Å². The number of aliphatic carboxylic acids is 2. The summed E-state index contributed by atoms with van der Waals surface area (Å²) in [5.41, 5.74) is 0. The van der Waals surface area contributed by atoms with Crippen LogP contribution in [0.25, 0.3) is 0 Å². The number of nitrogens with zero attached hydrogens (tertiary/aromatic N) is 1. The highest BCUT2D eigenvalue weighted by Gasteiger charge is 2.42. The Hall–Kier alpha value is -1.44. The fourth-order valence-electron chi connectivity index (χ4n) is 1.47. The Labute approximate surface area is 109 Å². The highest BCUT2D eigenvalue weighted by Crippen LogP contribution is 2.46. The van der Waals surface area contributed by atoms with E-state index in [-0.39, 0.29) is 4.75 Å². The van der Waals surface area contributed by atoms with Crippen LogP contribution in [0.2, 0.25) is 0 Å². The van der Waals surface area contributed by atoms with E-state index < -0.39 is 31.1 Å². The van der Waals surface area contributed by atoms with Crippen molar-refractivity contribution in [2.45, 2.75) is 17.6 Å². The van der Waals surface area contributed by atoms with Crippen LogP contribution in [-0.4, -0.2) is 63.7 Å². The molecule has 102 valence electrons. The van der Waals surface area contributed by atoms with Crippen LogP contribution in [0.1, 0.15) is 12.8 Å². The van der Waals surface area contributed by atoms with Gasteiger partial charge in [-0.1, -0.05) is 0 Å². The molecular weight excluding hydrogens is 260 g/mol. The molecule has 0 aromatic heterocycles. The first-order chi connectivity index (χ1) is 8.38. The number of urea groups is 1. The molecule has 1 rings (SSSR count). The van der Waals surface area contributed by atoms with Gasteiger partial charge in [0.15, 0.2) is 0 Å². The number of carbonyl (C=O) groups is 3. The zero-order valence-corrected chi connectivity index (χ0v) is 10.8. The van der Waals surface area contributed by atoms with Crippen molar-refractivity contribution in [2.24, 2.45) is 0 Å². The first-order valence-electron chi connectivity index (χ1n) is 5.40. The van der Waals surface area contributed by atoms with E-state index >= 15 is 0 Å². The quantitative estimate of drug-likeness (QED) is 0.607. The molecule has 3 N–H and O–H groups in total. The van der Waals surface area contributed by atoms with Crippen LogP contribution in [0.5, 0.6) is 0 Å². The second kappa shape index (κ2) is 5.94. The zero-order chi connectivity index (χ0) is 13.8. The lowest BCUT2D eigenvalue weighted by Crippen LogP contribution is -2.47. The Balaban J connectivity index is 2.47. The minimum Gasteiger partial charge on any atom is -0.480 e. The number of hydrogen-bond acceptors (Lipinski definition) is 4. The van der Waals surface area contributed by atoms with Crippen LogP contribution in [0.15, 0.2) is 0 Å². The number of carboxylic acid groups (broad SMARTS) is 2. The molecule has 0 heterocycles. The molecule has 0 aliphatic heterocycles. The Morgan fingerprint density at radius 1 is 1.22 bits per heavy atom. The maximum absolute atomic E-state index is 11.7. The lowest BCUT2D eigenvalue weighted by atomic mass is 10.4. The van der Waals surface area contributed by atoms with Crippen molar-refractivity contribution < 1.29 is 24.6 Å². The van der Waals surface area contributed by atoms with Crippen molar-refractivity contribution in [2.75, 3.05) is 25.9 Å². The van der Waals surface area contributed by atoms with E-state index in [9.17, 15) is 14.4 Å². The summed E-state index contributed by atoms with van der Waals surface area (Å²) in [6.45, 7) is -0.808. The molecule has 0 spiro atoms. The summed E-state index contributed by atoms with van der Waals surface area (Å²) in [7, 11) is 0. The fraction of sp³-hybridized carbons (Fsp3) is 0.700. The molecule has 1 fully saturated rings. The number of rotatable bonds is 7. The molecule has 7 nitrogen and oxygen atoms in total. The van der Waals surface area contributed by atoms with Gasteiger partial charge in [0.2, 0.25) is 0 Å².